The Labute approximate surface area is 128 Å². The van der Waals surface area contributed by atoms with E-state index >= 15 is 0 Å². The number of aromatic nitrogens is 1. The van der Waals surface area contributed by atoms with Crippen molar-refractivity contribution in [3.05, 3.63) is 39.8 Å². The Morgan fingerprint density at radius 2 is 2.24 bits per heavy atom. The number of amides is 1. The van der Waals surface area contributed by atoms with Crippen molar-refractivity contribution >= 4 is 22.9 Å². The number of rotatable bonds is 4. The zero-order valence-corrected chi connectivity index (χ0v) is 13.1. The lowest BCUT2D eigenvalue weighted by Crippen LogP contribution is -2.31. The van der Waals surface area contributed by atoms with Gasteiger partial charge in [-0.2, -0.15) is 0 Å². The van der Waals surface area contributed by atoms with E-state index in [4.69, 9.17) is 5.73 Å². The van der Waals surface area contributed by atoms with Crippen molar-refractivity contribution in [2.24, 2.45) is 5.73 Å². The molecule has 1 amide bonds. The Morgan fingerprint density at radius 3 is 2.81 bits per heavy atom. The SMILES string of the molecule is CCN(C(=O)c1csc(C(C)N)n1)c1cc(O)ccc1C. The Morgan fingerprint density at radius 1 is 1.52 bits per heavy atom. The molecule has 0 aliphatic carbocycles. The molecule has 1 heterocycles. The molecule has 0 spiro atoms. The van der Waals surface area contributed by atoms with E-state index in [-0.39, 0.29) is 17.7 Å². The summed E-state index contributed by atoms with van der Waals surface area (Å²) < 4.78 is 0. The zero-order chi connectivity index (χ0) is 15.6. The minimum atomic E-state index is -0.186. The highest BCUT2D eigenvalue weighted by Crippen LogP contribution is 2.27. The van der Waals surface area contributed by atoms with Gasteiger partial charge in [-0.1, -0.05) is 6.07 Å². The molecule has 0 radical (unpaired) electrons. The predicted molar refractivity (Wildman–Crippen MR) is 84.9 cm³/mol. The van der Waals surface area contributed by atoms with Crippen LogP contribution in [0.4, 0.5) is 5.69 Å². The van der Waals surface area contributed by atoms with Crippen LogP contribution in [0.3, 0.4) is 0 Å². The van der Waals surface area contributed by atoms with Gasteiger partial charge in [0.2, 0.25) is 0 Å². The summed E-state index contributed by atoms with van der Waals surface area (Å²) in [7, 11) is 0. The number of benzene rings is 1. The molecule has 0 saturated heterocycles. The van der Waals surface area contributed by atoms with E-state index in [1.807, 2.05) is 20.8 Å². The lowest BCUT2D eigenvalue weighted by atomic mass is 10.1. The third-order valence-electron chi connectivity index (χ3n) is 3.18. The monoisotopic (exact) mass is 305 g/mol. The molecule has 0 saturated carbocycles. The van der Waals surface area contributed by atoms with Crippen LogP contribution in [0.15, 0.2) is 23.6 Å². The van der Waals surface area contributed by atoms with Crippen LogP contribution in [0, 0.1) is 6.92 Å². The molecular formula is C15H19N3O2S. The highest BCUT2D eigenvalue weighted by Gasteiger charge is 2.21. The molecule has 112 valence electrons. The van der Waals surface area contributed by atoms with Crippen LogP contribution in [0.25, 0.3) is 0 Å². The lowest BCUT2D eigenvalue weighted by Gasteiger charge is -2.22. The summed E-state index contributed by atoms with van der Waals surface area (Å²) in [5, 5.41) is 12.1. The van der Waals surface area contributed by atoms with Gasteiger partial charge in [0.25, 0.3) is 5.91 Å². The minimum absolute atomic E-state index is 0.136. The summed E-state index contributed by atoms with van der Waals surface area (Å²) in [5.74, 6) is -0.0502. The van der Waals surface area contributed by atoms with Crippen molar-refractivity contribution in [2.45, 2.75) is 26.8 Å². The molecule has 1 atom stereocenters. The van der Waals surface area contributed by atoms with E-state index in [1.165, 1.54) is 11.3 Å². The first-order valence-electron chi connectivity index (χ1n) is 6.76. The molecule has 0 bridgehead atoms. The standard InChI is InChI=1S/C15H19N3O2S/c1-4-18(13-7-11(19)6-5-9(13)2)15(20)12-8-21-14(17-12)10(3)16/h5-8,10,19H,4,16H2,1-3H3. The molecule has 6 heteroatoms. The Balaban J connectivity index is 2.35. The Bertz CT molecular complexity index is 652. The van der Waals surface area contributed by atoms with Crippen molar-refractivity contribution in [2.75, 3.05) is 11.4 Å². The molecule has 1 aromatic carbocycles. The Hall–Kier alpha value is -1.92. The van der Waals surface area contributed by atoms with Crippen molar-refractivity contribution in [1.29, 1.82) is 0 Å². The van der Waals surface area contributed by atoms with Gasteiger partial charge in [0.1, 0.15) is 16.5 Å². The second-order valence-electron chi connectivity index (χ2n) is 4.88. The van der Waals surface area contributed by atoms with Gasteiger partial charge in [-0.15, -0.1) is 11.3 Å². The second kappa shape index (κ2) is 6.24. The Kier molecular flexibility index (Phi) is 4.59. The normalized spacial score (nSPS) is 12.2. The third kappa shape index (κ3) is 3.22. The number of carbonyl (C=O) groups is 1. The fourth-order valence-electron chi connectivity index (χ4n) is 2.05. The number of aryl methyl sites for hydroxylation is 1. The van der Waals surface area contributed by atoms with Gasteiger partial charge < -0.3 is 15.7 Å². The van der Waals surface area contributed by atoms with Gasteiger partial charge >= 0.3 is 0 Å². The van der Waals surface area contributed by atoms with Crippen molar-refractivity contribution in [3.8, 4) is 5.75 Å². The summed E-state index contributed by atoms with van der Waals surface area (Å²) in [6.45, 7) is 6.12. The molecule has 1 unspecified atom stereocenters. The molecule has 0 aliphatic rings. The largest absolute Gasteiger partial charge is 0.508 e. The fraction of sp³-hybridized carbons (Fsp3) is 0.333. The van der Waals surface area contributed by atoms with E-state index < -0.39 is 0 Å². The summed E-state index contributed by atoms with van der Waals surface area (Å²) in [6.07, 6.45) is 0. The fourth-order valence-corrected chi connectivity index (χ4v) is 2.80. The zero-order valence-electron chi connectivity index (χ0n) is 12.3. The lowest BCUT2D eigenvalue weighted by molar-refractivity contribution is 0.0984. The molecule has 1 aromatic heterocycles. The highest BCUT2D eigenvalue weighted by atomic mass is 32.1. The molecule has 5 nitrogen and oxygen atoms in total. The number of phenolic OH excluding ortho intramolecular Hbond substituents is 1. The second-order valence-corrected chi connectivity index (χ2v) is 5.77. The van der Waals surface area contributed by atoms with Gasteiger partial charge in [-0.05, 0) is 32.4 Å². The van der Waals surface area contributed by atoms with Crippen LogP contribution in [-0.2, 0) is 0 Å². The maximum atomic E-state index is 12.6. The van der Waals surface area contributed by atoms with Crippen molar-refractivity contribution < 1.29 is 9.90 Å². The number of thiazole rings is 1. The first kappa shape index (κ1) is 15.5. The van der Waals surface area contributed by atoms with E-state index in [0.29, 0.717) is 17.9 Å². The molecule has 21 heavy (non-hydrogen) atoms. The number of aromatic hydroxyl groups is 1. The first-order valence-corrected chi connectivity index (χ1v) is 7.64. The number of carbonyl (C=O) groups excluding carboxylic acids is 1. The van der Waals surface area contributed by atoms with Crippen LogP contribution < -0.4 is 10.6 Å². The summed E-state index contributed by atoms with van der Waals surface area (Å²) in [4.78, 5) is 18.5. The number of phenols is 1. The molecule has 2 rings (SSSR count). The van der Waals surface area contributed by atoms with E-state index in [0.717, 1.165) is 10.6 Å². The van der Waals surface area contributed by atoms with E-state index in [1.54, 1.807) is 28.5 Å². The number of nitrogens with zero attached hydrogens (tertiary/aromatic N) is 2. The van der Waals surface area contributed by atoms with Gasteiger partial charge in [0, 0.05) is 18.0 Å². The molecule has 3 N–H and O–H groups in total. The smallest absolute Gasteiger partial charge is 0.277 e. The van der Waals surface area contributed by atoms with Crippen molar-refractivity contribution in [3.63, 3.8) is 0 Å². The van der Waals surface area contributed by atoms with Crippen LogP contribution in [-0.4, -0.2) is 22.5 Å². The number of hydrogen-bond donors (Lipinski definition) is 2. The van der Waals surface area contributed by atoms with E-state index in [9.17, 15) is 9.90 Å². The maximum Gasteiger partial charge on any atom is 0.277 e. The first-order chi connectivity index (χ1) is 9.93. The van der Waals surface area contributed by atoms with Gasteiger partial charge in [-0.25, -0.2) is 4.98 Å². The summed E-state index contributed by atoms with van der Waals surface area (Å²) in [6, 6.07) is 4.80. The molecule has 2 aromatic rings. The molecule has 0 fully saturated rings. The van der Waals surface area contributed by atoms with E-state index in [2.05, 4.69) is 4.98 Å². The van der Waals surface area contributed by atoms with Crippen LogP contribution >= 0.6 is 11.3 Å². The molecular weight excluding hydrogens is 286 g/mol. The number of hydrogen-bond acceptors (Lipinski definition) is 5. The summed E-state index contributed by atoms with van der Waals surface area (Å²) in [5.41, 5.74) is 7.78. The van der Waals surface area contributed by atoms with Gasteiger partial charge in [-0.3, -0.25) is 4.79 Å². The minimum Gasteiger partial charge on any atom is -0.508 e. The number of nitrogens with two attached hydrogens (primary N) is 1. The molecule has 0 aliphatic heterocycles. The average Bonchev–Trinajstić information content (AvgIpc) is 2.93. The van der Waals surface area contributed by atoms with Gasteiger partial charge in [0.15, 0.2) is 0 Å². The quantitative estimate of drug-likeness (QED) is 0.910. The highest BCUT2D eigenvalue weighted by molar-refractivity contribution is 7.09. The summed E-state index contributed by atoms with van der Waals surface area (Å²) >= 11 is 1.38. The average molecular weight is 305 g/mol. The van der Waals surface area contributed by atoms with Crippen LogP contribution in [0.2, 0.25) is 0 Å². The van der Waals surface area contributed by atoms with Crippen molar-refractivity contribution in [1.82, 2.24) is 4.98 Å². The van der Waals surface area contributed by atoms with Crippen LogP contribution in [0.1, 0.15) is 40.9 Å². The van der Waals surface area contributed by atoms with Crippen LogP contribution in [0.5, 0.6) is 5.75 Å². The number of anilines is 1. The van der Waals surface area contributed by atoms with Gasteiger partial charge in [0.05, 0.1) is 11.7 Å². The third-order valence-corrected chi connectivity index (χ3v) is 4.22. The topological polar surface area (TPSA) is 79.5 Å². The predicted octanol–water partition coefficient (Wildman–Crippen LogP) is 2.84. The maximum absolute atomic E-state index is 12.6.